The molecule has 2 nitrogen and oxygen atoms in total. The molecule has 0 heterocycles. The maximum Gasteiger partial charge on any atom is 0.0726 e. The summed E-state index contributed by atoms with van der Waals surface area (Å²) in [4.78, 5) is 2.44. The van der Waals surface area contributed by atoms with Crippen molar-refractivity contribution in [1.82, 2.24) is 0 Å². The molecule has 2 spiro atoms. The molecule has 472 valence electrons. The Morgan fingerprint density at radius 1 is 0.188 bits per heavy atom. The highest BCUT2D eigenvalue weighted by molar-refractivity contribution is 9.10. The van der Waals surface area contributed by atoms with Crippen molar-refractivity contribution in [2.45, 2.75) is 10.8 Å². The van der Waals surface area contributed by atoms with Crippen LogP contribution in [0.5, 0.6) is 0 Å². The van der Waals surface area contributed by atoms with E-state index in [-0.39, 0.29) is 5.41 Å². The van der Waals surface area contributed by atoms with Crippen LogP contribution >= 0.6 is 15.9 Å². The molecule has 0 saturated heterocycles. The number of para-hydroxylation sites is 1. The van der Waals surface area contributed by atoms with Crippen LogP contribution in [0.2, 0.25) is 0 Å². The molecule has 0 atom stereocenters. The predicted octanol–water partition coefficient (Wildman–Crippen LogP) is 26.6. The van der Waals surface area contributed by atoms with Crippen LogP contribution in [0.4, 0.5) is 28.4 Å². The molecule has 0 aromatic heterocycles. The van der Waals surface area contributed by atoms with Crippen LogP contribution in [-0.2, 0) is 10.8 Å². The van der Waals surface area contributed by atoms with Crippen LogP contribution in [0.1, 0.15) is 44.5 Å². The second kappa shape index (κ2) is 23.4. The summed E-state index contributed by atoms with van der Waals surface area (Å²) in [6, 6.07) is 138. The fourth-order valence-corrected chi connectivity index (χ4v) is 18.3. The van der Waals surface area contributed by atoms with Gasteiger partial charge in [0, 0.05) is 32.9 Å². The molecule has 4 aliphatic carbocycles. The summed E-state index contributed by atoms with van der Waals surface area (Å²) >= 11 is 3.31. The molecule has 3 heteroatoms. The molecule has 0 fully saturated rings. The summed E-state index contributed by atoms with van der Waals surface area (Å²) in [7, 11) is 0. The lowest BCUT2D eigenvalue weighted by atomic mass is 9.70. The van der Waals surface area contributed by atoms with E-state index in [4.69, 9.17) is 0 Å². The molecule has 0 unspecified atom stereocenters. The van der Waals surface area contributed by atoms with Crippen molar-refractivity contribution in [3.63, 3.8) is 0 Å². The van der Waals surface area contributed by atoms with Gasteiger partial charge in [-0.15, -0.1) is 0 Å². The van der Waals surface area contributed by atoms with Gasteiger partial charge in [-0.25, -0.2) is 0 Å². The van der Waals surface area contributed by atoms with Gasteiger partial charge in [0.25, 0.3) is 0 Å². The van der Waals surface area contributed by atoms with E-state index in [0.29, 0.717) is 0 Å². The molecule has 0 radical (unpaired) electrons. The van der Waals surface area contributed by atoms with Crippen LogP contribution < -0.4 is 10.2 Å². The molecule has 0 aliphatic heterocycles. The highest BCUT2D eigenvalue weighted by Gasteiger charge is 2.53. The van der Waals surface area contributed by atoms with E-state index >= 15 is 0 Å². The average molecular weight is 1350 g/mol. The van der Waals surface area contributed by atoms with Gasteiger partial charge in [-0.1, -0.05) is 319 Å². The number of anilines is 5. The van der Waals surface area contributed by atoms with Gasteiger partial charge in [-0.3, -0.25) is 0 Å². The summed E-state index contributed by atoms with van der Waals surface area (Å²) in [5, 5.41) is 19.2. The van der Waals surface area contributed by atoms with Crippen LogP contribution in [0.15, 0.2) is 381 Å². The number of benzene rings is 18. The Bertz CT molecular complexity index is 6210. The van der Waals surface area contributed by atoms with Gasteiger partial charge < -0.3 is 10.2 Å². The highest BCUT2D eigenvalue weighted by atomic mass is 79.9. The van der Waals surface area contributed by atoms with E-state index < -0.39 is 5.41 Å². The summed E-state index contributed by atoms with van der Waals surface area (Å²) in [5.41, 5.74) is 26.3. The van der Waals surface area contributed by atoms with Gasteiger partial charge in [0.2, 0.25) is 0 Å². The zero-order valence-electron chi connectivity index (χ0n) is 55.1. The lowest BCUT2D eigenvalue weighted by molar-refractivity contribution is 0.793. The number of hydrogen-bond acceptors (Lipinski definition) is 2. The first-order valence-corrected chi connectivity index (χ1v) is 35.7. The van der Waals surface area contributed by atoms with Crippen LogP contribution in [0, 0.1) is 0 Å². The summed E-state index contributed by atoms with van der Waals surface area (Å²) in [6.45, 7) is 0. The molecular formula is C98H63BrN2. The smallest absolute Gasteiger partial charge is 0.0726 e. The first kappa shape index (κ1) is 58.7. The first-order chi connectivity index (χ1) is 50.0. The average Bonchev–Trinajstić information content (AvgIpc) is 1.52. The van der Waals surface area contributed by atoms with Gasteiger partial charge in [0.05, 0.1) is 10.8 Å². The van der Waals surface area contributed by atoms with Crippen molar-refractivity contribution >= 4 is 109 Å². The Kier molecular flexibility index (Phi) is 13.6. The van der Waals surface area contributed by atoms with Gasteiger partial charge in [-0.05, 0) is 226 Å². The maximum atomic E-state index is 3.82. The lowest BCUT2D eigenvalue weighted by Crippen LogP contribution is -2.26. The zero-order chi connectivity index (χ0) is 66.8. The van der Waals surface area contributed by atoms with Gasteiger partial charge in [0.15, 0.2) is 0 Å². The second-order valence-electron chi connectivity index (χ2n) is 27.0. The van der Waals surface area contributed by atoms with Crippen LogP contribution in [0.3, 0.4) is 0 Å². The van der Waals surface area contributed by atoms with Crippen molar-refractivity contribution in [3.8, 4) is 44.5 Å². The molecule has 1 N–H and O–H groups in total. The molecule has 18 aromatic rings. The monoisotopic (exact) mass is 1350 g/mol. The fraction of sp³-hybridized carbons (Fsp3) is 0.0204. The SMILES string of the molecule is Brc1ccccc1.c1ccc(N(c2ccc3c(c2)C2(c4ccccc4-c4ccccc42)c2ccccc2-3)c2ccc3c4ccccc4c4ccccc4c3c2)cc1.c1ccc2c(c1)-c1ccccc1C21c2ccccc2-c2ccc(Nc3ccc4c5ccccc5c5ccccc5c4c3)cc21. The Morgan fingerprint density at radius 2 is 0.455 bits per heavy atom. The molecular weight excluding hydrogens is 1280 g/mol. The van der Waals surface area contributed by atoms with Crippen molar-refractivity contribution in [1.29, 1.82) is 0 Å². The predicted molar refractivity (Wildman–Crippen MR) is 429 cm³/mol. The van der Waals surface area contributed by atoms with E-state index in [1.165, 1.54) is 154 Å². The zero-order valence-corrected chi connectivity index (χ0v) is 56.7. The number of rotatable bonds is 5. The highest BCUT2D eigenvalue weighted by Crippen LogP contribution is 2.65. The molecule has 101 heavy (non-hydrogen) atoms. The molecule has 4 aliphatic rings. The minimum absolute atomic E-state index is 0.338. The summed E-state index contributed by atoms with van der Waals surface area (Å²) in [5.74, 6) is 0. The van der Waals surface area contributed by atoms with Gasteiger partial charge in [-0.2, -0.15) is 0 Å². The van der Waals surface area contributed by atoms with E-state index in [1.54, 1.807) is 0 Å². The third-order valence-electron chi connectivity index (χ3n) is 22.0. The number of halogens is 1. The van der Waals surface area contributed by atoms with E-state index in [1.807, 2.05) is 30.3 Å². The normalized spacial score (nSPS) is 13.2. The van der Waals surface area contributed by atoms with Crippen molar-refractivity contribution in [2.24, 2.45) is 0 Å². The Labute approximate surface area is 595 Å². The molecule has 18 aromatic carbocycles. The number of nitrogens with zero attached hydrogens (tertiary/aromatic N) is 1. The summed E-state index contributed by atoms with van der Waals surface area (Å²) in [6.07, 6.45) is 0. The quantitative estimate of drug-likeness (QED) is 0.173. The number of hydrogen-bond donors (Lipinski definition) is 1. The van der Waals surface area contributed by atoms with E-state index in [9.17, 15) is 0 Å². The van der Waals surface area contributed by atoms with E-state index in [2.05, 4.69) is 372 Å². The molecule has 22 rings (SSSR count). The third-order valence-corrected chi connectivity index (χ3v) is 22.5. The minimum atomic E-state index is -0.393. The minimum Gasteiger partial charge on any atom is -0.355 e. The Balaban J connectivity index is 0.000000125. The van der Waals surface area contributed by atoms with Crippen LogP contribution in [-0.4, -0.2) is 0 Å². The fourth-order valence-electron chi connectivity index (χ4n) is 18.0. The number of fused-ring (bicyclic) bond motifs is 32. The first-order valence-electron chi connectivity index (χ1n) is 34.9. The maximum absolute atomic E-state index is 3.82. The molecule has 0 bridgehead atoms. The Hall–Kier alpha value is -12.4. The Morgan fingerprint density at radius 3 is 0.851 bits per heavy atom. The third kappa shape index (κ3) is 8.83. The molecule has 0 saturated carbocycles. The summed E-state index contributed by atoms with van der Waals surface area (Å²) < 4.78 is 1.13. The number of nitrogens with one attached hydrogen (secondary N) is 1. The standard InChI is InChI=1S/C49H31N.C43H27N.C6H5Br/c1-2-14-32(15-3-1)50(33-26-28-39-37-18-5-4-16-35(37)36-17-6-7-19-38(36)44(39)30-33)34-27-29-43-42-22-10-13-25-47(42)49(48(43)31-34)45-23-11-8-20-40(45)41-21-9-12-24-46(41)49;1-2-13-31-29(11-1)30-12-3-4-14-32(30)38-25-27(21-23-33(31)38)44-28-22-24-37-36-17-7-10-20-41(36)43(42(37)26-28)39-18-8-5-15-34(39)35-16-6-9-19-40(35)43;7-6-4-2-1-3-5-6/h1-31H;1-26,44H;1-5H. The largest absolute Gasteiger partial charge is 0.355 e. The molecule has 0 amide bonds. The van der Waals surface area contributed by atoms with Gasteiger partial charge >= 0.3 is 0 Å². The van der Waals surface area contributed by atoms with Gasteiger partial charge in [0.1, 0.15) is 0 Å². The van der Waals surface area contributed by atoms with Crippen LogP contribution in [0.25, 0.3) is 109 Å². The van der Waals surface area contributed by atoms with Crippen molar-refractivity contribution in [3.05, 3.63) is 425 Å². The van der Waals surface area contributed by atoms with Crippen molar-refractivity contribution in [2.75, 3.05) is 10.2 Å². The topological polar surface area (TPSA) is 15.3 Å². The second-order valence-corrected chi connectivity index (χ2v) is 27.9. The van der Waals surface area contributed by atoms with E-state index in [0.717, 1.165) is 32.9 Å². The lowest BCUT2D eigenvalue weighted by Gasteiger charge is -2.32. The van der Waals surface area contributed by atoms with Crippen molar-refractivity contribution < 1.29 is 0 Å².